The first-order chi connectivity index (χ1) is 15.6. The molecule has 0 aromatic heterocycles. The molecule has 4 atom stereocenters. The predicted octanol–water partition coefficient (Wildman–Crippen LogP) is 1.32. The molecule has 1 aromatic carbocycles. The molecular formula is C24H35N5O3. The SMILES string of the molecule is CCN1C(=O)C2CCNN2C2CCC(C(=O)N3CCN(c4cccc(OC)c4)CC3)CC21. The summed E-state index contributed by atoms with van der Waals surface area (Å²) in [4.78, 5) is 32.9. The number of hydrogen-bond acceptors (Lipinski definition) is 6. The normalized spacial score (nSPS) is 30.8. The minimum Gasteiger partial charge on any atom is -0.497 e. The van der Waals surface area contributed by atoms with Crippen molar-refractivity contribution in [2.75, 3.05) is 51.3 Å². The highest BCUT2D eigenvalue weighted by Gasteiger charge is 2.51. The molecule has 4 unspecified atom stereocenters. The highest BCUT2D eigenvalue weighted by molar-refractivity contribution is 5.84. The molecule has 4 aliphatic rings. The second-order valence-electron chi connectivity index (χ2n) is 9.40. The van der Waals surface area contributed by atoms with Gasteiger partial charge in [0.15, 0.2) is 0 Å². The van der Waals surface area contributed by atoms with E-state index in [9.17, 15) is 9.59 Å². The van der Waals surface area contributed by atoms with Crippen molar-refractivity contribution in [3.8, 4) is 5.75 Å². The first kappa shape index (κ1) is 21.5. The van der Waals surface area contributed by atoms with Gasteiger partial charge in [0.25, 0.3) is 0 Å². The Hall–Kier alpha value is -2.32. The number of hydrazine groups is 1. The van der Waals surface area contributed by atoms with E-state index in [1.807, 2.05) is 17.0 Å². The number of anilines is 1. The van der Waals surface area contributed by atoms with Gasteiger partial charge in [-0.1, -0.05) is 6.07 Å². The largest absolute Gasteiger partial charge is 0.497 e. The van der Waals surface area contributed by atoms with E-state index in [0.717, 1.165) is 76.4 Å². The Morgan fingerprint density at radius 1 is 1.12 bits per heavy atom. The van der Waals surface area contributed by atoms with Gasteiger partial charge in [0.2, 0.25) is 11.8 Å². The van der Waals surface area contributed by atoms with Crippen molar-refractivity contribution in [2.24, 2.45) is 5.92 Å². The fourth-order valence-corrected chi connectivity index (χ4v) is 6.18. The van der Waals surface area contributed by atoms with Gasteiger partial charge in [-0.2, -0.15) is 0 Å². The van der Waals surface area contributed by atoms with Crippen LogP contribution in [-0.2, 0) is 9.59 Å². The molecule has 1 aliphatic carbocycles. The van der Waals surface area contributed by atoms with E-state index in [-0.39, 0.29) is 29.8 Å². The Bertz CT molecular complexity index is 856. The summed E-state index contributed by atoms with van der Waals surface area (Å²) < 4.78 is 5.35. The zero-order valence-corrected chi connectivity index (χ0v) is 19.2. The predicted molar refractivity (Wildman–Crippen MR) is 122 cm³/mol. The van der Waals surface area contributed by atoms with Gasteiger partial charge in [-0.05, 0) is 44.7 Å². The summed E-state index contributed by atoms with van der Waals surface area (Å²) in [5, 5.41) is 2.22. The monoisotopic (exact) mass is 441 g/mol. The molecule has 8 nitrogen and oxygen atoms in total. The maximum atomic E-state index is 13.4. The lowest BCUT2D eigenvalue weighted by Gasteiger charge is -2.52. The number of rotatable bonds is 4. The number of hydrogen-bond donors (Lipinski definition) is 1. The van der Waals surface area contributed by atoms with Crippen LogP contribution in [0.1, 0.15) is 32.6 Å². The summed E-state index contributed by atoms with van der Waals surface area (Å²) in [7, 11) is 1.68. The minimum absolute atomic E-state index is 0.0145. The number of amides is 2. The highest BCUT2D eigenvalue weighted by atomic mass is 16.5. The Morgan fingerprint density at radius 3 is 2.69 bits per heavy atom. The summed E-state index contributed by atoms with van der Waals surface area (Å²) in [6, 6.07) is 8.56. The Kier molecular flexibility index (Phi) is 5.99. The van der Waals surface area contributed by atoms with E-state index >= 15 is 0 Å². The smallest absolute Gasteiger partial charge is 0.241 e. The Morgan fingerprint density at radius 2 is 1.94 bits per heavy atom. The van der Waals surface area contributed by atoms with Crippen molar-refractivity contribution in [3.05, 3.63) is 24.3 Å². The van der Waals surface area contributed by atoms with Crippen LogP contribution in [0.3, 0.4) is 0 Å². The molecule has 0 spiro atoms. The van der Waals surface area contributed by atoms with Crippen LogP contribution in [0.2, 0.25) is 0 Å². The molecule has 2 amide bonds. The maximum Gasteiger partial charge on any atom is 0.241 e. The number of likely N-dealkylation sites (N-methyl/N-ethyl adjacent to an activating group) is 1. The lowest BCUT2D eigenvalue weighted by Crippen LogP contribution is -2.68. The number of methoxy groups -OCH3 is 1. The maximum absolute atomic E-state index is 13.4. The fourth-order valence-electron chi connectivity index (χ4n) is 6.18. The van der Waals surface area contributed by atoms with Crippen LogP contribution < -0.4 is 15.1 Å². The van der Waals surface area contributed by atoms with Gasteiger partial charge in [-0.15, -0.1) is 0 Å². The first-order valence-corrected chi connectivity index (χ1v) is 12.1. The van der Waals surface area contributed by atoms with Crippen molar-refractivity contribution in [2.45, 2.75) is 50.7 Å². The molecule has 3 heterocycles. The second kappa shape index (κ2) is 8.90. The van der Waals surface area contributed by atoms with E-state index in [1.54, 1.807) is 7.11 Å². The molecule has 1 aromatic rings. The lowest BCUT2D eigenvalue weighted by atomic mass is 9.78. The topological polar surface area (TPSA) is 68.4 Å². The minimum atomic E-state index is -0.0202. The van der Waals surface area contributed by atoms with Gasteiger partial charge >= 0.3 is 0 Å². The zero-order valence-electron chi connectivity index (χ0n) is 19.2. The molecular weight excluding hydrogens is 406 g/mol. The molecule has 1 N–H and O–H groups in total. The summed E-state index contributed by atoms with van der Waals surface area (Å²) in [5.41, 5.74) is 4.59. The molecule has 3 aliphatic heterocycles. The fraction of sp³-hybridized carbons (Fsp3) is 0.667. The molecule has 3 saturated heterocycles. The second-order valence-corrected chi connectivity index (χ2v) is 9.40. The van der Waals surface area contributed by atoms with Crippen LogP contribution in [0, 0.1) is 5.92 Å². The number of nitrogens with zero attached hydrogens (tertiary/aromatic N) is 4. The van der Waals surface area contributed by atoms with Crippen molar-refractivity contribution in [1.82, 2.24) is 20.2 Å². The van der Waals surface area contributed by atoms with Crippen LogP contribution in [0.25, 0.3) is 0 Å². The first-order valence-electron chi connectivity index (χ1n) is 12.1. The Balaban J connectivity index is 1.22. The van der Waals surface area contributed by atoms with Crippen molar-refractivity contribution < 1.29 is 14.3 Å². The number of carbonyl (C=O) groups is 2. The molecule has 8 heteroatoms. The average molecular weight is 442 g/mol. The highest BCUT2D eigenvalue weighted by Crippen LogP contribution is 2.38. The number of fused-ring (bicyclic) bond motifs is 3. The standard InChI is InChI=1S/C24H35N5O3/c1-3-28-22-15-17(7-8-20(22)29-21(24(28)31)9-10-25-29)23(30)27-13-11-26(12-14-27)18-5-4-6-19(16-18)32-2/h4-6,16-17,20-22,25H,3,7-15H2,1-2H3. The third-order valence-corrected chi connectivity index (χ3v) is 7.85. The number of nitrogens with one attached hydrogen (secondary N) is 1. The van der Waals surface area contributed by atoms with E-state index in [4.69, 9.17) is 4.74 Å². The molecule has 1 saturated carbocycles. The summed E-state index contributed by atoms with van der Waals surface area (Å²) in [6.07, 6.45) is 3.55. The van der Waals surface area contributed by atoms with Gasteiger partial charge < -0.3 is 19.4 Å². The van der Waals surface area contributed by atoms with Gasteiger partial charge in [0.05, 0.1) is 7.11 Å². The lowest BCUT2D eigenvalue weighted by molar-refractivity contribution is -0.157. The van der Waals surface area contributed by atoms with Crippen molar-refractivity contribution >= 4 is 17.5 Å². The molecule has 0 radical (unpaired) electrons. The quantitative estimate of drug-likeness (QED) is 0.760. The van der Waals surface area contributed by atoms with Crippen LogP contribution in [0.4, 0.5) is 5.69 Å². The molecule has 4 fully saturated rings. The van der Waals surface area contributed by atoms with E-state index < -0.39 is 0 Å². The molecule has 0 bridgehead atoms. The molecule has 32 heavy (non-hydrogen) atoms. The number of carbonyl (C=O) groups excluding carboxylic acids is 2. The summed E-state index contributed by atoms with van der Waals surface area (Å²) >= 11 is 0. The third kappa shape index (κ3) is 3.73. The molecule has 174 valence electrons. The van der Waals surface area contributed by atoms with Crippen molar-refractivity contribution in [1.29, 1.82) is 0 Å². The number of benzene rings is 1. The van der Waals surface area contributed by atoms with Gasteiger partial charge in [-0.25, -0.2) is 5.01 Å². The Labute approximate surface area is 190 Å². The zero-order chi connectivity index (χ0) is 22.2. The third-order valence-electron chi connectivity index (χ3n) is 7.85. The summed E-state index contributed by atoms with van der Waals surface area (Å²) in [6.45, 7) is 6.81. The van der Waals surface area contributed by atoms with Gasteiger partial charge in [-0.3, -0.25) is 15.0 Å². The van der Waals surface area contributed by atoms with E-state index in [0.29, 0.717) is 6.04 Å². The number of piperazine rings is 2. The van der Waals surface area contributed by atoms with Crippen molar-refractivity contribution in [3.63, 3.8) is 0 Å². The summed E-state index contributed by atoms with van der Waals surface area (Å²) in [5.74, 6) is 1.38. The van der Waals surface area contributed by atoms with Crippen LogP contribution in [0.15, 0.2) is 24.3 Å². The van der Waals surface area contributed by atoms with Crippen LogP contribution in [-0.4, -0.2) is 91.1 Å². The van der Waals surface area contributed by atoms with Gasteiger partial charge in [0.1, 0.15) is 11.8 Å². The van der Waals surface area contributed by atoms with Crippen LogP contribution >= 0.6 is 0 Å². The molecule has 5 rings (SSSR count). The van der Waals surface area contributed by atoms with Crippen LogP contribution in [0.5, 0.6) is 5.75 Å². The average Bonchev–Trinajstić information content (AvgIpc) is 3.34. The van der Waals surface area contributed by atoms with Gasteiger partial charge in [0, 0.05) is 69.0 Å². The van der Waals surface area contributed by atoms with E-state index in [1.165, 1.54) is 0 Å². The van der Waals surface area contributed by atoms with E-state index in [2.05, 4.69) is 39.3 Å². The number of ether oxygens (including phenoxy) is 1.